The van der Waals surface area contributed by atoms with Gasteiger partial charge in [-0.25, -0.2) is 4.98 Å². The van der Waals surface area contributed by atoms with Crippen molar-refractivity contribution in [3.8, 4) is 0 Å². The first-order valence-electron chi connectivity index (χ1n) is 7.04. The molecule has 6 heteroatoms. The summed E-state index contributed by atoms with van der Waals surface area (Å²) >= 11 is 8.20. The van der Waals surface area contributed by atoms with Crippen LogP contribution in [0.4, 0.5) is 0 Å². The van der Waals surface area contributed by atoms with Gasteiger partial charge in [0.15, 0.2) is 5.65 Å². The number of nitrogens with zero attached hydrogens (tertiary/aromatic N) is 4. The molecule has 0 amide bonds. The largest absolute Gasteiger partial charge is 0.311 e. The SMILES string of the molecule is CCc1nn(C)c2c1nc(C(C)Cl)n2CC(C)CSC. The van der Waals surface area contributed by atoms with Gasteiger partial charge in [0.05, 0.1) is 11.1 Å². The molecular formula is C14H23ClN4S. The van der Waals surface area contributed by atoms with E-state index in [4.69, 9.17) is 16.6 Å². The minimum absolute atomic E-state index is 0.0893. The minimum atomic E-state index is -0.0893. The van der Waals surface area contributed by atoms with Crippen molar-refractivity contribution in [2.24, 2.45) is 13.0 Å². The Kier molecular flexibility index (Phi) is 5.02. The van der Waals surface area contributed by atoms with E-state index in [2.05, 4.69) is 29.8 Å². The van der Waals surface area contributed by atoms with Crippen molar-refractivity contribution in [3.63, 3.8) is 0 Å². The van der Waals surface area contributed by atoms with Crippen molar-refractivity contribution in [2.75, 3.05) is 12.0 Å². The van der Waals surface area contributed by atoms with E-state index < -0.39 is 0 Å². The van der Waals surface area contributed by atoms with Gasteiger partial charge in [-0.1, -0.05) is 13.8 Å². The lowest BCUT2D eigenvalue weighted by Gasteiger charge is -2.15. The molecule has 2 rings (SSSR count). The van der Waals surface area contributed by atoms with Crippen LogP contribution >= 0.6 is 23.4 Å². The van der Waals surface area contributed by atoms with Gasteiger partial charge in [-0.05, 0) is 31.3 Å². The van der Waals surface area contributed by atoms with E-state index in [9.17, 15) is 0 Å². The molecule has 0 radical (unpaired) electrons. The molecule has 2 heterocycles. The standard InChI is InChI=1S/C14H23ClN4S/c1-6-11-12-14(18(4)17-11)19(7-9(2)8-20-5)13(16-12)10(3)15/h9-10H,6-8H2,1-5H3. The summed E-state index contributed by atoms with van der Waals surface area (Å²) in [5.41, 5.74) is 3.16. The molecule has 0 aliphatic heterocycles. The second-order valence-electron chi connectivity index (χ2n) is 5.35. The Morgan fingerprint density at radius 3 is 2.60 bits per heavy atom. The van der Waals surface area contributed by atoms with Crippen LogP contribution in [0.25, 0.3) is 11.2 Å². The zero-order chi connectivity index (χ0) is 14.9. The highest BCUT2D eigenvalue weighted by atomic mass is 35.5. The Labute approximate surface area is 129 Å². The first kappa shape index (κ1) is 15.7. The van der Waals surface area contributed by atoms with E-state index >= 15 is 0 Å². The van der Waals surface area contributed by atoms with Crippen molar-refractivity contribution >= 4 is 34.5 Å². The van der Waals surface area contributed by atoms with Gasteiger partial charge in [-0.2, -0.15) is 16.9 Å². The third-order valence-corrected chi connectivity index (χ3v) is 4.55. The second kappa shape index (κ2) is 6.39. The molecule has 20 heavy (non-hydrogen) atoms. The number of aryl methyl sites for hydroxylation is 2. The summed E-state index contributed by atoms with van der Waals surface area (Å²) in [7, 11) is 1.99. The molecule has 0 fully saturated rings. The smallest absolute Gasteiger partial charge is 0.158 e. The highest BCUT2D eigenvalue weighted by Gasteiger charge is 2.21. The Morgan fingerprint density at radius 1 is 1.35 bits per heavy atom. The third-order valence-electron chi connectivity index (χ3n) is 3.46. The number of aromatic nitrogens is 4. The summed E-state index contributed by atoms with van der Waals surface area (Å²) in [6.45, 7) is 7.30. The van der Waals surface area contributed by atoms with Gasteiger partial charge >= 0.3 is 0 Å². The van der Waals surface area contributed by atoms with Crippen LogP contribution in [0, 0.1) is 5.92 Å². The molecule has 2 atom stereocenters. The summed E-state index contributed by atoms with van der Waals surface area (Å²) in [5.74, 6) is 2.67. The molecule has 4 nitrogen and oxygen atoms in total. The maximum atomic E-state index is 6.33. The highest BCUT2D eigenvalue weighted by molar-refractivity contribution is 7.98. The number of hydrogen-bond acceptors (Lipinski definition) is 3. The number of rotatable bonds is 6. The van der Waals surface area contributed by atoms with E-state index in [1.807, 2.05) is 30.4 Å². The van der Waals surface area contributed by atoms with Crippen LogP contribution in [-0.2, 0) is 20.0 Å². The van der Waals surface area contributed by atoms with Gasteiger partial charge in [0.2, 0.25) is 0 Å². The van der Waals surface area contributed by atoms with Crippen LogP contribution in [-0.4, -0.2) is 31.3 Å². The van der Waals surface area contributed by atoms with Crippen molar-refractivity contribution in [1.82, 2.24) is 19.3 Å². The molecule has 2 aromatic heterocycles. The Morgan fingerprint density at radius 2 is 2.05 bits per heavy atom. The Bertz CT molecular complexity index is 588. The van der Waals surface area contributed by atoms with E-state index in [1.54, 1.807) is 0 Å². The summed E-state index contributed by atoms with van der Waals surface area (Å²) in [6.07, 6.45) is 3.04. The first-order chi connectivity index (χ1) is 9.49. The average Bonchev–Trinajstić information content (AvgIpc) is 2.89. The maximum absolute atomic E-state index is 6.33. The quantitative estimate of drug-likeness (QED) is 0.764. The number of imidazole rings is 1. The molecule has 112 valence electrons. The van der Waals surface area contributed by atoms with Crippen LogP contribution in [0.15, 0.2) is 0 Å². The molecule has 0 aromatic carbocycles. The van der Waals surface area contributed by atoms with Gasteiger partial charge in [-0.3, -0.25) is 4.68 Å². The maximum Gasteiger partial charge on any atom is 0.158 e. The van der Waals surface area contributed by atoms with E-state index in [0.717, 1.165) is 41.4 Å². The molecule has 0 N–H and O–H groups in total. The molecule has 2 unspecified atom stereocenters. The van der Waals surface area contributed by atoms with Crippen LogP contribution in [0.1, 0.15) is 37.7 Å². The van der Waals surface area contributed by atoms with Crippen LogP contribution < -0.4 is 0 Å². The summed E-state index contributed by atoms with van der Waals surface area (Å²) in [4.78, 5) is 4.76. The first-order valence-corrected chi connectivity index (χ1v) is 8.87. The summed E-state index contributed by atoms with van der Waals surface area (Å²) < 4.78 is 4.19. The van der Waals surface area contributed by atoms with Crippen molar-refractivity contribution in [2.45, 2.75) is 39.1 Å². The normalized spacial score (nSPS) is 14.9. The average molecular weight is 315 g/mol. The fourth-order valence-corrected chi connectivity index (χ4v) is 3.47. The second-order valence-corrected chi connectivity index (χ2v) is 6.92. The fourth-order valence-electron chi connectivity index (χ4n) is 2.63. The minimum Gasteiger partial charge on any atom is -0.311 e. The van der Waals surface area contributed by atoms with Gasteiger partial charge in [0.1, 0.15) is 11.3 Å². The lowest BCUT2D eigenvalue weighted by Crippen LogP contribution is -2.14. The molecule has 0 bridgehead atoms. The molecule has 0 aliphatic carbocycles. The van der Waals surface area contributed by atoms with Crippen LogP contribution in [0.2, 0.25) is 0 Å². The van der Waals surface area contributed by atoms with Gasteiger partial charge in [-0.15, -0.1) is 11.6 Å². The number of hydrogen-bond donors (Lipinski definition) is 0. The van der Waals surface area contributed by atoms with Crippen molar-refractivity contribution in [3.05, 3.63) is 11.5 Å². The predicted octanol–water partition coefficient (Wildman–Crippen LogP) is 3.63. The third kappa shape index (κ3) is 2.84. The summed E-state index contributed by atoms with van der Waals surface area (Å²) in [6, 6.07) is 0. The molecule has 0 saturated carbocycles. The lowest BCUT2D eigenvalue weighted by atomic mass is 10.2. The lowest BCUT2D eigenvalue weighted by molar-refractivity contribution is 0.514. The Hall–Kier alpha value is -0.680. The topological polar surface area (TPSA) is 35.6 Å². The van der Waals surface area contributed by atoms with Crippen LogP contribution in [0.5, 0.6) is 0 Å². The number of thioether (sulfide) groups is 1. The van der Waals surface area contributed by atoms with Crippen LogP contribution in [0.3, 0.4) is 0 Å². The van der Waals surface area contributed by atoms with Gasteiger partial charge in [0.25, 0.3) is 0 Å². The Balaban J connectivity index is 2.53. The highest BCUT2D eigenvalue weighted by Crippen LogP contribution is 2.27. The number of fused-ring (bicyclic) bond motifs is 1. The molecular weight excluding hydrogens is 292 g/mol. The van der Waals surface area contributed by atoms with E-state index in [1.165, 1.54) is 0 Å². The molecule has 2 aromatic rings. The predicted molar refractivity (Wildman–Crippen MR) is 87.7 cm³/mol. The van der Waals surface area contributed by atoms with E-state index in [0.29, 0.717) is 5.92 Å². The molecule has 0 saturated heterocycles. The van der Waals surface area contributed by atoms with E-state index in [-0.39, 0.29) is 5.38 Å². The number of halogens is 1. The van der Waals surface area contributed by atoms with Crippen molar-refractivity contribution in [1.29, 1.82) is 0 Å². The zero-order valence-electron chi connectivity index (χ0n) is 12.9. The fraction of sp³-hybridized carbons (Fsp3) is 0.714. The molecule has 0 aliphatic rings. The van der Waals surface area contributed by atoms with Gasteiger partial charge < -0.3 is 4.57 Å². The number of alkyl halides is 1. The zero-order valence-corrected chi connectivity index (χ0v) is 14.4. The van der Waals surface area contributed by atoms with Crippen molar-refractivity contribution < 1.29 is 0 Å². The van der Waals surface area contributed by atoms with Gasteiger partial charge in [0, 0.05) is 13.6 Å². The molecule has 0 spiro atoms. The monoisotopic (exact) mass is 314 g/mol. The summed E-state index contributed by atoms with van der Waals surface area (Å²) in [5, 5.41) is 4.48.